The first-order valence-corrected chi connectivity index (χ1v) is 9.60. The van der Waals surface area contributed by atoms with Crippen LogP contribution in [0.25, 0.3) is 22.2 Å². The standard InChI is InChI=1S/C23H25N3O2/c1-5-26-21-13-18(28-6-2)11-12-19(21)20(14-24)22(26)16-7-9-17(10-8-16)25-23(27)15(3)4/h7-13,15H,5-6H2,1-4H3,(H,25,27). The summed E-state index contributed by atoms with van der Waals surface area (Å²) in [6.07, 6.45) is 0. The van der Waals surface area contributed by atoms with Gasteiger partial charge >= 0.3 is 0 Å². The van der Waals surface area contributed by atoms with Crippen LogP contribution in [0.1, 0.15) is 33.3 Å². The quantitative estimate of drug-likeness (QED) is 0.644. The lowest BCUT2D eigenvalue weighted by atomic mass is 10.1. The maximum Gasteiger partial charge on any atom is 0.226 e. The van der Waals surface area contributed by atoms with Crippen molar-refractivity contribution < 1.29 is 9.53 Å². The molecule has 0 spiro atoms. The number of carbonyl (C=O) groups is 1. The van der Waals surface area contributed by atoms with Crippen molar-refractivity contribution in [3.05, 3.63) is 48.0 Å². The average molecular weight is 375 g/mol. The zero-order valence-corrected chi connectivity index (χ0v) is 16.7. The van der Waals surface area contributed by atoms with Gasteiger partial charge in [-0.25, -0.2) is 0 Å². The molecule has 0 aliphatic rings. The highest BCUT2D eigenvalue weighted by Gasteiger charge is 2.18. The Morgan fingerprint density at radius 3 is 2.46 bits per heavy atom. The van der Waals surface area contributed by atoms with Crippen molar-refractivity contribution >= 4 is 22.5 Å². The second-order valence-corrected chi connectivity index (χ2v) is 6.91. The van der Waals surface area contributed by atoms with E-state index in [1.54, 1.807) is 0 Å². The molecule has 28 heavy (non-hydrogen) atoms. The smallest absolute Gasteiger partial charge is 0.226 e. The number of fused-ring (bicyclic) bond motifs is 1. The van der Waals surface area contributed by atoms with Gasteiger partial charge in [0.1, 0.15) is 11.8 Å². The second kappa shape index (κ2) is 8.18. The third-order valence-corrected chi connectivity index (χ3v) is 4.73. The Labute approximate surface area is 165 Å². The minimum atomic E-state index is -0.0768. The second-order valence-electron chi connectivity index (χ2n) is 6.91. The van der Waals surface area contributed by atoms with Gasteiger partial charge in [-0.1, -0.05) is 26.0 Å². The molecule has 2 aromatic carbocycles. The summed E-state index contributed by atoms with van der Waals surface area (Å²) in [5.41, 5.74) is 4.21. The van der Waals surface area contributed by atoms with Gasteiger partial charge < -0.3 is 14.6 Å². The van der Waals surface area contributed by atoms with E-state index in [0.29, 0.717) is 12.2 Å². The highest BCUT2D eigenvalue weighted by Crippen LogP contribution is 2.35. The van der Waals surface area contributed by atoms with Gasteiger partial charge in [-0.15, -0.1) is 0 Å². The van der Waals surface area contributed by atoms with Crippen molar-refractivity contribution in [2.24, 2.45) is 5.92 Å². The van der Waals surface area contributed by atoms with Gasteiger partial charge in [-0.3, -0.25) is 4.79 Å². The fourth-order valence-corrected chi connectivity index (χ4v) is 3.33. The molecule has 3 aromatic rings. The number of hydrogen-bond donors (Lipinski definition) is 1. The summed E-state index contributed by atoms with van der Waals surface area (Å²) in [7, 11) is 0. The lowest BCUT2D eigenvalue weighted by molar-refractivity contribution is -0.118. The van der Waals surface area contributed by atoms with Gasteiger partial charge in [0.15, 0.2) is 0 Å². The number of benzene rings is 2. The predicted molar refractivity (Wildman–Crippen MR) is 112 cm³/mol. The largest absolute Gasteiger partial charge is 0.494 e. The average Bonchev–Trinajstić information content (AvgIpc) is 3.01. The summed E-state index contributed by atoms with van der Waals surface area (Å²) in [6.45, 7) is 9.07. The molecule has 3 rings (SSSR count). The van der Waals surface area contributed by atoms with Crippen LogP contribution < -0.4 is 10.1 Å². The van der Waals surface area contributed by atoms with E-state index in [-0.39, 0.29) is 11.8 Å². The van der Waals surface area contributed by atoms with Crippen LogP contribution in [0.5, 0.6) is 5.75 Å². The van der Waals surface area contributed by atoms with Gasteiger partial charge in [-0.2, -0.15) is 5.26 Å². The highest BCUT2D eigenvalue weighted by molar-refractivity contribution is 5.96. The van der Waals surface area contributed by atoms with E-state index in [9.17, 15) is 10.1 Å². The van der Waals surface area contributed by atoms with Crippen LogP contribution >= 0.6 is 0 Å². The maximum atomic E-state index is 11.9. The number of anilines is 1. The molecule has 1 N–H and O–H groups in total. The minimum Gasteiger partial charge on any atom is -0.494 e. The molecule has 0 fully saturated rings. The predicted octanol–water partition coefficient (Wildman–Crippen LogP) is 5.19. The van der Waals surface area contributed by atoms with Crippen LogP contribution in [-0.2, 0) is 11.3 Å². The molecule has 1 aromatic heterocycles. The summed E-state index contributed by atoms with van der Waals surface area (Å²) in [5, 5.41) is 13.7. The first kappa shape index (κ1) is 19.5. The zero-order valence-electron chi connectivity index (χ0n) is 16.7. The van der Waals surface area contributed by atoms with E-state index in [0.717, 1.165) is 40.1 Å². The Morgan fingerprint density at radius 2 is 1.89 bits per heavy atom. The first-order chi connectivity index (χ1) is 13.5. The van der Waals surface area contributed by atoms with Crippen molar-refractivity contribution in [1.29, 1.82) is 5.26 Å². The molecular weight excluding hydrogens is 350 g/mol. The molecule has 1 heterocycles. The molecule has 0 aliphatic heterocycles. The molecule has 0 unspecified atom stereocenters. The van der Waals surface area contributed by atoms with E-state index in [1.807, 2.05) is 63.2 Å². The number of nitrogens with zero attached hydrogens (tertiary/aromatic N) is 2. The molecule has 0 radical (unpaired) electrons. The Bertz CT molecular complexity index is 1040. The lowest BCUT2D eigenvalue weighted by Gasteiger charge is -2.11. The number of aromatic nitrogens is 1. The van der Waals surface area contributed by atoms with E-state index in [1.165, 1.54) is 0 Å². The van der Waals surface area contributed by atoms with Crippen LogP contribution in [0, 0.1) is 17.2 Å². The fourth-order valence-electron chi connectivity index (χ4n) is 3.33. The van der Waals surface area contributed by atoms with Gasteiger partial charge in [0, 0.05) is 29.6 Å². The SMILES string of the molecule is CCOc1ccc2c(C#N)c(-c3ccc(NC(=O)C(C)C)cc3)n(CC)c2c1. The molecule has 0 saturated carbocycles. The maximum absolute atomic E-state index is 11.9. The Morgan fingerprint density at radius 1 is 1.18 bits per heavy atom. The Hall–Kier alpha value is -3.26. The lowest BCUT2D eigenvalue weighted by Crippen LogP contribution is -2.17. The third-order valence-electron chi connectivity index (χ3n) is 4.73. The van der Waals surface area contributed by atoms with Crippen molar-refractivity contribution in [3.8, 4) is 23.1 Å². The monoisotopic (exact) mass is 375 g/mol. The molecular formula is C23H25N3O2. The fraction of sp³-hybridized carbons (Fsp3) is 0.304. The Balaban J connectivity index is 2.09. The molecule has 5 nitrogen and oxygen atoms in total. The van der Waals surface area contributed by atoms with Gasteiger partial charge in [0.2, 0.25) is 5.91 Å². The van der Waals surface area contributed by atoms with E-state index < -0.39 is 0 Å². The van der Waals surface area contributed by atoms with Crippen LogP contribution in [0.3, 0.4) is 0 Å². The first-order valence-electron chi connectivity index (χ1n) is 9.60. The van der Waals surface area contributed by atoms with Gasteiger partial charge in [0.05, 0.1) is 23.4 Å². The van der Waals surface area contributed by atoms with Gasteiger partial charge in [-0.05, 0) is 43.7 Å². The molecule has 5 heteroatoms. The topological polar surface area (TPSA) is 67.0 Å². The van der Waals surface area contributed by atoms with E-state index in [4.69, 9.17) is 4.74 Å². The number of rotatable bonds is 6. The Kier molecular flexibility index (Phi) is 5.70. The molecule has 144 valence electrons. The normalized spacial score (nSPS) is 10.9. The summed E-state index contributed by atoms with van der Waals surface area (Å²) in [4.78, 5) is 11.9. The van der Waals surface area contributed by atoms with E-state index in [2.05, 4.69) is 22.9 Å². The summed E-state index contributed by atoms with van der Waals surface area (Å²) < 4.78 is 7.77. The van der Waals surface area contributed by atoms with Crippen molar-refractivity contribution in [2.45, 2.75) is 34.2 Å². The van der Waals surface area contributed by atoms with Crippen LogP contribution in [0.15, 0.2) is 42.5 Å². The molecule has 0 saturated heterocycles. The number of nitriles is 1. The van der Waals surface area contributed by atoms with Crippen LogP contribution in [0.2, 0.25) is 0 Å². The number of nitrogens with one attached hydrogen (secondary N) is 1. The number of ether oxygens (including phenoxy) is 1. The number of amides is 1. The molecule has 0 atom stereocenters. The zero-order chi connectivity index (χ0) is 20.3. The van der Waals surface area contributed by atoms with Crippen LogP contribution in [0.4, 0.5) is 5.69 Å². The third kappa shape index (κ3) is 3.59. The van der Waals surface area contributed by atoms with Crippen LogP contribution in [-0.4, -0.2) is 17.1 Å². The molecule has 1 amide bonds. The summed E-state index contributed by atoms with van der Waals surface area (Å²) >= 11 is 0. The molecule has 0 aliphatic carbocycles. The van der Waals surface area contributed by atoms with Gasteiger partial charge in [0.25, 0.3) is 0 Å². The summed E-state index contributed by atoms with van der Waals surface area (Å²) in [6, 6.07) is 15.9. The number of carbonyl (C=O) groups excluding carboxylic acids is 1. The summed E-state index contributed by atoms with van der Waals surface area (Å²) in [5.74, 6) is 0.702. The van der Waals surface area contributed by atoms with Crippen molar-refractivity contribution in [3.63, 3.8) is 0 Å². The van der Waals surface area contributed by atoms with Crippen molar-refractivity contribution in [2.75, 3.05) is 11.9 Å². The highest BCUT2D eigenvalue weighted by atomic mass is 16.5. The number of aryl methyl sites for hydroxylation is 1. The van der Waals surface area contributed by atoms with E-state index >= 15 is 0 Å². The van der Waals surface area contributed by atoms with Crippen molar-refractivity contribution in [1.82, 2.24) is 4.57 Å². The molecule has 0 bridgehead atoms. The minimum absolute atomic E-state index is 0.0170. The number of hydrogen-bond acceptors (Lipinski definition) is 3.